The molecule has 0 heterocycles. The number of unbranched alkanes of at least 4 members (excludes halogenated alkanes) is 3. The molecule has 0 fully saturated rings. The highest BCUT2D eigenvalue weighted by molar-refractivity contribution is 5.26. The van der Waals surface area contributed by atoms with Crippen LogP contribution in [0.3, 0.4) is 0 Å². The van der Waals surface area contributed by atoms with Crippen LogP contribution < -0.4 is 5.32 Å². The molecule has 1 radical (unpaired) electrons. The summed E-state index contributed by atoms with van der Waals surface area (Å²) in [6.07, 6.45) is 7.79. The minimum absolute atomic E-state index is 0.777. The van der Waals surface area contributed by atoms with Gasteiger partial charge in [-0.1, -0.05) is 52.2 Å². The molecule has 1 heteroatoms. The van der Waals surface area contributed by atoms with Gasteiger partial charge in [-0.15, -0.1) is 0 Å². The third-order valence-electron chi connectivity index (χ3n) is 3.56. The molecule has 1 rings (SSSR count). The van der Waals surface area contributed by atoms with E-state index < -0.39 is 0 Å². The summed E-state index contributed by atoms with van der Waals surface area (Å²) < 4.78 is 0. The molecule has 0 unspecified atom stereocenters. The summed E-state index contributed by atoms with van der Waals surface area (Å²) in [5.74, 6) is 0.777. The first-order valence-corrected chi connectivity index (χ1v) is 7.92. The Morgan fingerprint density at radius 3 is 2.74 bits per heavy atom. The van der Waals surface area contributed by atoms with Crippen molar-refractivity contribution in [2.45, 2.75) is 65.8 Å². The molecule has 0 saturated carbocycles. The quantitative estimate of drug-likeness (QED) is 0.599. The average molecular weight is 260 g/mol. The van der Waals surface area contributed by atoms with Gasteiger partial charge in [-0.05, 0) is 55.0 Å². The molecule has 0 saturated heterocycles. The summed E-state index contributed by atoms with van der Waals surface area (Å²) in [5, 5.41) is 3.57. The van der Waals surface area contributed by atoms with Crippen LogP contribution in [0.4, 0.5) is 0 Å². The molecule has 0 atom stereocenters. The van der Waals surface area contributed by atoms with Gasteiger partial charge in [0.15, 0.2) is 0 Å². The molecule has 1 N–H and O–H groups in total. The fraction of sp³-hybridized carbons (Fsp3) is 0.667. The van der Waals surface area contributed by atoms with Gasteiger partial charge >= 0.3 is 0 Å². The Morgan fingerprint density at radius 2 is 2.00 bits per heavy atom. The second kappa shape index (κ2) is 10.0. The van der Waals surface area contributed by atoms with Gasteiger partial charge in [0.2, 0.25) is 0 Å². The van der Waals surface area contributed by atoms with Crippen LogP contribution >= 0.6 is 0 Å². The highest BCUT2D eigenvalue weighted by Crippen LogP contribution is 2.13. The van der Waals surface area contributed by atoms with Crippen molar-refractivity contribution in [2.24, 2.45) is 5.92 Å². The molecule has 0 bridgehead atoms. The lowest BCUT2D eigenvalue weighted by atomic mass is 9.98. The van der Waals surface area contributed by atoms with Crippen LogP contribution in [0.2, 0.25) is 0 Å². The number of hydrogen-bond donors (Lipinski definition) is 1. The molecule has 0 aliphatic rings. The van der Waals surface area contributed by atoms with Gasteiger partial charge in [-0.3, -0.25) is 0 Å². The first-order valence-electron chi connectivity index (χ1n) is 7.92. The van der Waals surface area contributed by atoms with Crippen LogP contribution in [-0.4, -0.2) is 6.54 Å². The molecular formula is C18H30N. The predicted octanol–water partition coefficient (Wildman–Crippen LogP) is 4.75. The van der Waals surface area contributed by atoms with Gasteiger partial charge in [-0.25, -0.2) is 0 Å². The lowest BCUT2D eigenvalue weighted by Gasteiger charge is -2.11. The highest BCUT2D eigenvalue weighted by atomic mass is 14.8. The van der Waals surface area contributed by atoms with Crippen molar-refractivity contribution in [2.75, 3.05) is 6.54 Å². The largest absolute Gasteiger partial charge is 0.313 e. The number of nitrogens with one attached hydrogen (secondary N) is 1. The fourth-order valence-corrected chi connectivity index (χ4v) is 2.25. The Kier molecular flexibility index (Phi) is 8.57. The van der Waals surface area contributed by atoms with Crippen molar-refractivity contribution in [1.29, 1.82) is 0 Å². The van der Waals surface area contributed by atoms with E-state index in [9.17, 15) is 0 Å². The Labute approximate surface area is 119 Å². The SMILES string of the molecule is CCCCCCNCc1c[c]ccc1CCC(C)C. The van der Waals surface area contributed by atoms with Crippen molar-refractivity contribution in [3.8, 4) is 0 Å². The van der Waals surface area contributed by atoms with Crippen LogP contribution in [0.5, 0.6) is 0 Å². The van der Waals surface area contributed by atoms with Crippen LogP contribution in [0, 0.1) is 12.0 Å². The smallest absolute Gasteiger partial charge is 0.0208 e. The zero-order valence-electron chi connectivity index (χ0n) is 13.0. The van der Waals surface area contributed by atoms with Crippen LogP contribution in [0.15, 0.2) is 18.2 Å². The van der Waals surface area contributed by atoms with Crippen molar-refractivity contribution in [3.63, 3.8) is 0 Å². The van der Waals surface area contributed by atoms with Gasteiger partial charge in [-0.2, -0.15) is 0 Å². The molecule has 19 heavy (non-hydrogen) atoms. The first-order chi connectivity index (χ1) is 9.24. The zero-order chi connectivity index (χ0) is 13.9. The van der Waals surface area contributed by atoms with Crippen LogP contribution in [-0.2, 0) is 13.0 Å². The minimum atomic E-state index is 0.777. The number of rotatable bonds is 10. The summed E-state index contributed by atoms with van der Waals surface area (Å²) in [6, 6.07) is 9.63. The van der Waals surface area contributed by atoms with E-state index in [4.69, 9.17) is 0 Å². The summed E-state index contributed by atoms with van der Waals surface area (Å²) in [6.45, 7) is 8.98. The molecule has 0 aromatic heterocycles. The summed E-state index contributed by atoms with van der Waals surface area (Å²) in [7, 11) is 0. The third kappa shape index (κ3) is 7.37. The number of aryl methyl sites for hydroxylation is 1. The van der Waals surface area contributed by atoms with E-state index >= 15 is 0 Å². The highest BCUT2D eigenvalue weighted by Gasteiger charge is 2.03. The van der Waals surface area contributed by atoms with E-state index in [-0.39, 0.29) is 0 Å². The topological polar surface area (TPSA) is 12.0 Å². The fourth-order valence-electron chi connectivity index (χ4n) is 2.25. The molecule has 0 amide bonds. The van der Waals surface area contributed by atoms with Crippen molar-refractivity contribution >= 4 is 0 Å². The Bertz CT molecular complexity index is 330. The maximum atomic E-state index is 3.57. The standard InChI is InChI=1S/C18H30N/c1-4-5-6-9-14-19-15-18-11-8-7-10-17(18)13-12-16(2)3/h7,10-11,16,19H,4-6,9,12-15H2,1-3H3. The molecule has 107 valence electrons. The van der Waals surface area contributed by atoms with E-state index in [2.05, 4.69) is 44.3 Å². The van der Waals surface area contributed by atoms with E-state index in [1.54, 1.807) is 0 Å². The first kappa shape index (κ1) is 16.2. The van der Waals surface area contributed by atoms with Gasteiger partial charge < -0.3 is 5.32 Å². The molecule has 0 spiro atoms. The summed E-state index contributed by atoms with van der Waals surface area (Å²) in [4.78, 5) is 0. The lowest BCUT2D eigenvalue weighted by molar-refractivity contribution is 0.576. The molecule has 1 aromatic rings. The minimum Gasteiger partial charge on any atom is -0.313 e. The van der Waals surface area contributed by atoms with Crippen molar-refractivity contribution in [3.05, 3.63) is 35.4 Å². The average Bonchev–Trinajstić information content (AvgIpc) is 2.41. The van der Waals surface area contributed by atoms with Crippen molar-refractivity contribution in [1.82, 2.24) is 5.32 Å². The molecule has 0 aliphatic carbocycles. The Hall–Kier alpha value is -0.820. The second-order valence-corrected chi connectivity index (χ2v) is 5.86. The van der Waals surface area contributed by atoms with Gasteiger partial charge in [0.1, 0.15) is 0 Å². The third-order valence-corrected chi connectivity index (χ3v) is 3.56. The summed E-state index contributed by atoms with van der Waals surface area (Å²) >= 11 is 0. The normalized spacial score (nSPS) is 11.2. The maximum Gasteiger partial charge on any atom is 0.0208 e. The zero-order valence-corrected chi connectivity index (χ0v) is 13.0. The second-order valence-electron chi connectivity index (χ2n) is 5.86. The Morgan fingerprint density at radius 1 is 1.16 bits per heavy atom. The van der Waals surface area contributed by atoms with E-state index in [0.717, 1.165) is 19.0 Å². The number of hydrogen-bond acceptors (Lipinski definition) is 1. The van der Waals surface area contributed by atoms with E-state index in [1.165, 1.54) is 49.7 Å². The van der Waals surface area contributed by atoms with E-state index in [1.807, 2.05) is 6.07 Å². The summed E-state index contributed by atoms with van der Waals surface area (Å²) in [5.41, 5.74) is 2.92. The predicted molar refractivity (Wildman–Crippen MR) is 84.3 cm³/mol. The van der Waals surface area contributed by atoms with Crippen LogP contribution in [0.1, 0.15) is 64.0 Å². The van der Waals surface area contributed by atoms with Crippen LogP contribution in [0.25, 0.3) is 0 Å². The lowest BCUT2D eigenvalue weighted by Crippen LogP contribution is -2.16. The van der Waals surface area contributed by atoms with Gasteiger partial charge in [0.05, 0.1) is 0 Å². The monoisotopic (exact) mass is 260 g/mol. The molecular weight excluding hydrogens is 230 g/mol. The van der Waals surface area contributed by atoms with E-state index in [0.29, 0.717) is 0 Å². The molecule has 0 aliphatic heterocycles. The number of benzene rings is 1. The molecule has 1 nitrogen and oxygen atoms in total. The van der Waals surface area contributed by atoms with Gasteiger partial charge in [0.25, 0.3) is 0 Å². The molecule has 1 aromatic carbocycles. The Balaban J connectivity index is 2.31. The van der Waals surface area contributed by atoms with Crippen molar-refractivity contribution < 1.29 is 0 Å². The van der Waals surface area contributed by atoms with Gasteiger partial charge in [0, 0.05) is 6.54 Å². The maximum absolute atomic E-state index is 3.57.